The van der Waals surface area contributed by atoms with Crippen LogP contribution in [0.25, 0.3) is 0 Å². The number of rotatable bonds is 3. The molecule has 0 aliphatic heterocycles. The summed E-state index contributed by atoms with van der Waals surface area (Å²) in [5, 5.41) is 53.3. The molecule has 0 heterocycles. The molecule has 1 rings (SSSR count). The molecule has 1 aromatic carbocycles. The molecule has 0 amide bonds. The van der Waals surface area contributed by atoms with E-state index in [1.807, 2.05) is 0 Å². The first-order valence-corrected chi connectivity index (χ1v) is 3.75. The van der Waals surface area contributed by atoms with Crippen LogP contribution >= 0.6 is 0 Å². The maximum absolute atomic E-state index is 11.1. The van der Waals surface area contributed by atoms with E-state index in [2.05, 4.69) is 0 Å². The minimum Gasteiger partial charge on any atom is -0.870 e. The van der Waals surface area contributed by atoms with Crippen molar-refractivity contribution < 1.29 is 35.9 Å². The standard InChI is InChI=1S/C6H3N3O8.2H2O.2Pb/c10-5-2(7(12)13)1-3(8(14)15)6(11)4(5)9(16)17;;;;/h1,10-11H;2*1H2;;/q;;;2*+2/p-4. The summed E-state index contributed by atoms with van der Waals surface area (Å²) < 4.78 is 0. The third-order valence-corrected chi connectivity index (χ3v) is 1.74. The fraction of sp³-hybridized carbons (Fsp3) is 0. The van der Waals surface area contributed by atoms with Gasteiger partial charge < -0.3 is 21.2 Å². The van der Waals surface area contributed by atoms with E-state index in [0.717, 1.165) is 0 Å². The van der Waals surface area contributed by atoms with Gasteiger partial charge in [-0.25, -0.2) is 0 Å². The van der Waals surface area contributed by atoms with Crippen LogP contribution in [0.5, 0.6) is 11.5 Å². The molecule has 0 aromatic heterocycles. The Hall–Kier alpha value is -1.22. The molecular formula is C6H3N3O10Pb2. The minimum atomic E-state index is -1.75. The molecule has 0 aliphatic carbocycles. The molecule has 0 fully saturated rings. The number of benzene rings is 1. The zero-order valence-corrected chi connectivity index (χ0v) is 17.4. The van der Waals surface area contributed by atoms with Crippen LogP contribution in [-0.2, 0) is 0 Å². The predicted octanol–water partition coefficient (Wildman–Crippen LogP) is -1.56. The second kappa shape index (κ2) is 10.5. The average Bonchev–Trinajstić information content (AvgIpc) is 2.15. The van der Waals surface area contributed by atoms with Crippen molar-refractivity contribution in [2.75, 3.05) is 0 Å². The first kappa shape index (κ1) is 28.0. The third-order valence-electron chi connectivity index (χ3n) is 1.74. The summed E-state index contributed by atoms with van der Waals surface area (Å²) in [6.07, 6.45) is 0. The van der Waals surface area contributed by atoms with Crippen molar-refractivity contribution >= 4 is 71.7 Å². The van der Waals surface area contributed by atoms with Crippen LogP contribution in [-0.4, -0.2) is 80.3 Å². The van der Waals surface area contributed by atoms with E-state index in [1.165, 1.54) is 0 Å². The summed E-state index contributed by atoms with van der Waals surface area (Å²) in [7, 11) is 0. The largest absolute Gasteiger partial charge is 2.00 e. The molecule has 110 valence electrons. The number of hydrogen-bond donors (Lipinski definition) is 0. The van der Waals surface area contributed by atoms with Gasteiger partial charge in [-0.05, 0) is 0 Å². The van der Waals surface area contributed by atoms with Crippen molar-refractivity contribution in [3.63, 3.8) is 0 Å². The van der Waals surface area contributed by atoms with E-state index in [4.69, 9.17) is 0 Å². The summed E-state index contributed by atoms with van der Waals surface area (Å²) in [6, 6.07) is 0.109. The second-order valence-electron chi connectivity index (χ2n) is 2.69. The molecular weight excluding hydrogens is 688 g/mol. The number of nitrogens with zero attached hydrogens (tertiary/aromatic N) is 3. The van der Waals surface area contributed by atoms with Crippen molar-refractivity contribution in [1.82, 2.24) is 0 Å². The quantitative estimate of drug-likeness (QED) is 0.201. The molecule has 0 aliphatic rings. The van der Waals surface area contributed by atoms with Crippen molar-refractivity contribution in [1.29, 1.82) is 0 Å². The summed E-state index contributed by atoms with van der Waals surface area (Å²) in [5.41, 5.74) is -4.48. The summed E-state index contributed by atoms with van der Waals surface area (Å²) in [6.45, 7) is 0. The molecule has 0 unspecified atom stereocenters. The van der Waals surface area contributed by atoms with Gasteiger partial charge in [-0.3, -0.25) is 30.3 Å². The molecule has 0 bridgehead atoms. The molecule has 0 atom stereocenters. The van der Waals surface area contributed by atoms with Gasteiger partial charge in [0.25, 0.3) is 17.1 Å². The third kappa shape index (κ3) is 5.58. The SMILES string of the molecule is O=[N+]([O-])c1cc([N+](=O)[O-])c([O-])c([N+](=O)[O-])c1[O-].[OH-].[OH-].[Pb+2].[Pb+2]. The van der Waals surface area contributed by atoms with Gasteiger partial charge in [0.05, 0.1) is 32.3 Å². The van der Waals surface area contributed by atoms with Gasteiger partial charge in [-0.1, -0.05) is 0 Å². The van der Waals surface area contributed by atoms with Gasteiger partial charge in [0, 0.05) is 0 Å². The Morgan fingerprint density at radius 1 is 0.714 bits per heavy atom. The zero-order valence-electron chi connectivity index (χ0n) is 9.58. The molecule has 0 spiro atoms. The second-order valence-corrected chi connectivity index (χ2v) is 2.69. The summed E-state index contributed by atoms with van der Waals surface area (Å²) in [4.78, 5) is 26.9. The van der Waals surface area contributed by atoms with E-state index < -0.39 is 43.3 Å². The van der Waals surface area contributed by atoms with Gasteiger partial charge in [-0.15, -0.1) is 0 Å². The van der Waals surface area contributed by atoms with E-state index in [0.29, 0.717) is 0 Å². The fourth-order valence-corrected chi connectivity index (χ4v) is 1.04. The molecule has 2 N–H and O–H groups in total. The molecule has 21 heavy (non-hydrogen) atoms. The Kier molecular flexibility index (Phi) is 14.0. The topological polar surface area (TPSA) is 236 Å². The Morgan fingerprint density at radius 3 is 1.19 bits per heavy atom. The Morgan fingerprint density at radius 2 is 1.00 bits per heavy atom. The average molecular weight is 692 g/mol. The van der Waals surface area contributed by atoms with Crippen LogP contribution in [0.4, 0.5) is 17.1 Å². The van der Waals surface area contributed by atoms with Crippen LogP contribution in [0, 0.1) is 30.3 Å². The van der Waals surface area contributed by atoms with Crippen LogP contribution < -0.4 is 10.2 Å². The van der Waals surface area contributed by atoms with Crippen LogP contribution in [0.1, 0.15) is 0 Å². The summed E-state index contributed by atoms with van der Waals surface area (Å²) >= 11 is 0. The van der Waals surface area contributed by atoms with Crippen LogP contribution in [0.15, 0.2) is 6.07 Å². The zero-order chi connectivity index (χ0) is 13.3. The molecule has 13 nitrogen and oxygen atoms in total. The number of nitro groups is 3. The Balaban J connectivity index is -0.000000361. The van der Waals surface area contributed by atoms with Gasteiger partial charge in [-0.2, -0.15) is 0 Å². The van der Waals surface area contributed by atoms with Gasteiger partial charge >= 0.3 is 54.6 Å². The fourth-order valence-electron chi connectivity index (χ4n) is 1.04. The molecule has 4 radical (unpaired) electrons. The molecule has 0 saturated carbocycles. The van der Waals surface area contributed by atoms with Gasteiger partial charge in [0.15, 0.2) is 0 Å². The molecule has 0 saturated heterocycles. The van der Waals surface area contributed by atoms with Gasteiger partial charge in [0.1, 0.15) is 0 Å². The predicted molar refractivity (Wildman–Crippen MR) is 60.7 cm³/mol. The number of hydrogen-bond acceptors (Lipinski definition) is 10. The van der Waals surface area contributed by atoms with Crippen LogP contribution in [0.2, 0.25) is 0 Å². The monoisotopic (exact) mass is 693 g/mol. The number of nitro benzene ring substituents is 3. The van der Waals surface area contributed by atoms with E-state index in [9.17, 15) is 40.6 Å². The van der Waals surface area contributed by atoms with E-state index in [-0.39, 0.29) is 71.6 Å². The smallest absolute Gasteiger partial charge is 0.870 e. The van der Waals surface area contributed by atoms with E-state index in [1.54, 1.807) is 0 Å². The van der Waals surface area contributed by atoms with Crippen molar-refractivity contribution in [3.05, 3.63) is 36.4 Å². The van der Waals surface area contributed by atoms with Crippen molar-refractivity contribution in [3.8, 4) is 11.5 Å². The van der Waals surface area contributed by atoms with Crippen molar-refractivity contribution in [2.24, 2.45) is 0 Å². The molecule has 1 aromatic rings. The molecule has 15 heteroatoms. The van der Waals surface area contributed by atoms with Crippen LogP contribution in [0.3, 0.4) is 0 Å². The van der Waals surface area contributed by atoms with Gasteiger partial charge in [0.2, 0.25) is 0 Å². The maximum atomic E-state index is 11.1. The first-order valence-electron chi connectivity index (χ1n) is 3.75. The van der Waals surface area contributed by atoms with Crippen molar-refractivity contribution in [2.45, 2.75) is 0 Å². The Labute approximate surface area is 155 Å². The summed E-state index contributed by atoms with van der Waals surface area (Å²) in [5.74, 6) is -3.51. The maximum Gasteiger partial charge on any atom is 2.00 e. The van der Waals surface area contributed by atoms with E-state index >= 15 is 0 Å². The first-order chi connectivity index (χ1) is 7.77. The minimum absolute atomic E-state index is 0. The normalized spacial score (nSPS) is 8.00. The Bertz CT molecular complexity index is 512.